The lowest BCUT2D eigenvalue weighted by atomic mass is 9.48. The number of alkyl carbamates (subject to hydrolysis) is 1. The molecule has 114 valence electrons. The Morgan fingerprint density at radius 2 is 1.75 bits per heavy atom. The van der Waals surface area contributed by atoms with E-state index in [4.69, 9.17) is 4.74 Å². The molecule has 4 heteroatoms. The molecule has 0 aromatic carbocycles. The van der Waals surface area contributed by atoms with Crippen LogP contribution in [0.2, 0.25) is 0 Å². The van der Waals surface area contributed by atoms with E-state index in [1.807, 2.05) is 20.8 Å². The average molecular weight is 283 g/mol. The number of nitrogens with one attached hydrogen (secondary N) is 1. The summed E-state index contributed by atoms with van der Waals surface area (Å²) < 4.78 is 20.2. The third-order valence-corrected chi connectivity index (χ3v) is 5.55. The van der Waals surface area contributed by atoms with Crippen LogP contribution < -0.4 is 5.32 Å². The first-order valence-electron chi connectivity index (χ1n) is 7.80. The molecule has 2 unspecified atom stereocenters. The summed E-state index contributed by atoms with van der Waals surface area (Å²) in [6, 6.07) is 0. The van der Waals surface area contributed by atoms with Gasteiger partial charge in [-0.3, -0.25) is 0 Å². The standard InChI is InChI=1S/C16H26FNO2/c1-14(2,3)20-13(19)18-16-7-10-5-11(8-16)15(4,17)12(6-10)9-16/h10-12H,5-9H2,1-4H3,(H,18,19). The highest BCUT2D eigenvalue weighted by molar-refractivity contribution is 5.69. The molecule has 4 fully saturated rings. The molecule has 4 aliphatic carbocycles. The van der Waals surface area contributed by atoms with Gasteiger partial charge in [0.05, 0.1) is 0 Å². The van der Waals surface area contributed by atoms with Crippen LogP contribution in [0.5, 0.6) is 0 Å². The Bertz CT molecular complexity index is 409. The minimum Gasteiger partial charge on any atom is -0.444 e. The maximum atomic E-state index is 14.8. The van der Waals surface area contributed by atoms with E-state index in [0.29, 0.717) is 5.92 Å². The molecule has 4 bridgehead atoms. The van der Waals surface area contributed by atoms with E-state index in [9.17, 15) is 9.18 Å². The second-order valence-corrected chi connectivity index (χ2v) is 8.40. The molecule has 1 N–H and O–H groups in total. The van der Waals surface area contributed by atoms with Crippen molar-refractivity contribution in [2.45, 2.75) is 76.6 Å². The van der Waals surface area contributed by atoms with Gasteiger partial charge in [-0.05, 0) is 77.6 Å². The van der Waals surface area contributed by atoms with E-state index in [0.717, 1.165) is 32.1 Å². The van der Waals surface area contributed by atoms with Gasteiger partial charge in [-0.1, -0.05) is 0 Å². The van der Waals surface area contributed by atoms with Gasteiger partial charge in [-0.2, -0.15) is 0 Å². The third-order valence-electron chi connectivity index (χ3n) is 5.55. The zero-order chi connectivity index (χ0) is 14.8. The summed E-state index contributed by atoms with van der Waals surface area (Å²) in [6.07, 6.45) is 4.16. The zero-order valence-electron chi connectivity index (χ0n) is 13.0. The molecule has 3 nitrogen and oxygen atoms in total. The fourth-order valence-corrected chi connectivity index (χ4v) is 4.85. The maximum absolute atomic E-state index is 14.8. The predicted molar refractivity (Wildman–Crippen MR) is 75.2 cm³/mol. The number of ether oxygens (including phenoxy) is 1. The van der Waals surface area contributed by atoms with E-state index in [1.165, 1.54) is 0 Å². The van der Waals surface area contributed by atoms with Gasteiger partial charge in [0.25, 0.3) is 0 Å². The highest BCUT2D eigenvalue weighted by Crippen LogP contribution is 2.61. The van der Waals surface area contributed by atoms with Crippen molar-refractivity contribution in [2.24, 2.45) is 17.8 Å². The van der Waals surface area contributed by atoms with E-state index >= 15 is 0 Å². The Balaban J connectivity index is 1.73. The van der Waals surface area contributed by atoms with Crippen LogP contribution in [0.25, 0.3) is 0 Å². The highest BCUT2D eigenvalue weighted by Gasteiger charge is 2.61. The molecule has 0 aromatic heterocycles. The quantitative estimate of drug-likeness (QED) is 0.794. The van der Waals surface area contributed by atoms with Crippen LogP contribution in [0.15, 0.2) is 0 Å². The van der Waals surface area contributed by atoms with Gasteiger partial charge < -0.3 is 10.1 Å². The fraction of sp³-hybridized carbons (Fsp3) is 0.938. The van der Waals surface area contributed by atoms with Gasteiger partial charge in [0.15, 0.2) is 0 Å². The van der Waals surface area contributed by atoms with E-state index in [-0.39, 0.29) is 23.5 Å². The number of carbonyl (C=O) groups is 1. The molecule has 0 aromatic rings. The number of carbonyl (C=O) groups excluding carboxylic acids is 1. The third kappa shape index (κ3) is 2.31. The highest BCUT2D eigenvalue weighted by atomic mass is 19.1. The summed E-state index contributed by atoms with van der Waals surface area (Å²) >= 11 is 0. The molecule has 4 rings (SSSR count). The van der Waals surface area contributed by atoms with Crippen LogP contribution in [0.4, 0.5) is 9.18 Å². The smallest absolute Gasteiger partial charge is 0.408 e. The molecule has 0 radical (unpaired) electrons. The summed E-state index contributed by atoms with van der Waals surface area (Å²) in [7, 11) is 0. The van der Waals surface area contributed by atoms with Crippen molar-refractivity contribution in [3.63, 3.8) is 0 Å². The Hall–Kier alpha value is -0.800. The van der Waals surface area contributed by atoms with Gasteiger partial charge in [0.2, 0.25) is 0 Å². The molecule has 20 heavy (non-hydrogen) atoms. The Kier molecular flexibility index (Phi) is 2.91. The van der Waals surface area contributed by atoms with Crippen molar-refractivity contribution in [1.29, 1.82) is 0 Å². The normalized spacial score (nSPS) is 46.4. The van der Waals surface area contributed by atoms with Crippen molar-refractivity contribution in [3.8, 4) is 0 Å². The fourth-order valence-electron chi connectivity index (χ4n) is 4.85. The van der Waals surface area contributed by atoms with Crippen LogP contribution in [0.1, 0.15) is 59.8 Å². The second-order valence-electron chi connectivity index (χ2n) is 8.40. The lowest BCUT2D eigenvalue weighted by Crippen LogP contribution is -2.66. The van der Waals surface area contributed by atoms with Gasteiger partial charge in [0, 0.05) is 5.54 Å². The summed E-state index contributed by atoms with van der Waals surface area (Å²) in [5.41, 5.74) is -1.75. The minimum absolute atomic E-state index is 0.101. The SMILES string of the molecule is CC(C)(C)OC(=O)NC12CC3CC(C1)C(C)(F)C(C3)C2. The van der Waals surface area contributed by atoms with Crippen LogP contribution >= 0.6 is 0 Å². The zero-order valence-corrected chi connectivity index (χ0v) is 13.0. The van der Waals surface area contributed by atoms with Crippen LogP contribution in [0, 0.1) is 17.8 Å². The van der Waals surface area contributed by atoms with Gasteiger partial charge in [-0.15, -0.1) is 0 Å². The first kappa shape index (κ1) is 14.2. The maximum Gasteiger partial charge on any atom is 0.408 e. The Morgan fingerprint density at radius 3 is 2.25 bits per heavy atom. The van der Waals surface area contributed by atoms with Crippen molar-refractivity contribution >= 4 is 6.09 Å². The molecule has 0 saturated heterocycles. The van der Waals surface area contributed by atoms with Crippen LogP contribution in [0.3, 0.4) is 0 Å². The summed E-state index contributed by atoms with van der Waals surface area (Å²) in [4.78, 5) is 12.1. The molecule has 1 amide bonds. The van der Waals surface area contributed by atoms with E-state index < -0.39 is 11.3 Å². The molecular formula is C16H26FNO2. The van der Waals surface area contributed by atoms with E-state index in [1.54, 1.807) is 6.92 Å². The first-order chi connectivity index (χ1) is 9.10. The van der Waals surface area contributed by atoms with Gasteiger partial charge in [0.1, 0.15) is 11.3 Å². The number of rotatable bonds is 1. The number of alkyl halides is 1. The van der Waals surface area contributed by atoms with Gasteiger partial charge in [-0.25, -0.2) is 9.18 Å². The molecule has 2 atom stereocenters. The van der Waals surface area contributed by atoms with Crippen molar-refractivity contribution in [2.75, 3.05) is 0 Å². The summed E-state index contributed by atoms with van der Waals surface area (Å²) in [5.74, 6) is 0.777. The monoisotopic (exact) mass is 283 g/mol. The predicted octanol–water partition coefficient (Wildman–Crippen LogP) is 3.82. The van der Waals surface area contributed by atoms with E-state index in [2.05, 4.69) is 5.32 Å². The Morgan fingerprint density at radius 1 is 1.20 bits per heavy atom. The molecular weight excluding hydrogens is 257 g/mol. The lowest BCUT2D eigenvalue weighted by molar-refractivity contribution is -0.132. The molecule has 0 heterocycles. The topological polar surface area (TPSA) is 38.3 Å². The number of halogens is 1. The van der Waals surface area contributed by atoms with Crippen LogP contribution in [-0.2, 0) is 4.74 Å². The minimum atomic E-state index is -1.05. The molecule has 4 saturated carbocycles. The summed E-state index contributed by atoms with van der Waals surface area (Å²) in [6.45, 7) is 7.36. The lowest BCUT2D eigenvalue weighted by Gasteiger charge is -2.61. The number of hydrogen-bond acceptors (Lipinski definition) is 2. The van der Waals surface area contributed by atoms with Crippen LogP contribution in [-0.4, -0.2) is 22.9 Å². The first-order valence-corrected chi connectivity index (χ1v) is 7.80. The second kappa shape index (κ2) is 4.11. The van der Waals surface area contributed by atoms with Crippen molar-refractivity contribution in [1.82, 2.24) is 5.32 Å². The number of hydrogen-bond donors (Lipinski definition) is 1. The average Bonchev–Trinajstić information content (AvgIpc) is 2.21. The van der Waals surface area contributed by atoms with Crippen molar-refractivity contribution < 1.29 is 13.9 Å². The molecule has 4 aliphatic rings. The number of amides is 1. The molecule has 0 aliphatic heterocycles. The Labute approximate surface area is 120 Å². The molecule has 0 spiro atoms. The van der Waals surface area contributed by atoms with Gasteiger partial charge >= 0.3 is 6.09 Å². The summed E-state index contributed by atoms with van der Waals surface area (Å²) in [5, 5.41) is 3.09. The largest absolute Gasteiger partial charge is 0.444 e. The van der Waals surface area contributed by atoms with Crippen molar-refractivity contribution in [3.05, 3.63) is 0 Å².